The second-order valence-corrected chi connectivity index (χ2v) is 5.35. The molecule has 2 aromatic carbocycles. The van der Waals surface area contributed by atoms with E-state index in [4.69, 9.17) is 15.7 Å². The number of hydrogen-bond acceptors (Lipinski definition) is 3. The van der Waals surface area contributed by atoms with Gasteiger partial charge in [0, 0.05) is 5.56 Å². The summed E-state index contributed by atoms with van der Waals surface area (Å²) in [5.74, 6) is 0.304. The third kappa shape index (κ3) is 3.72. The number of amidine groups is 1. The van der Waals surface area contributed by atoms with E-state index in [-0.39, 0.29) is 11.7 Å². The first-order valence-corrected chi connectivity index (χ1v) is 6.96. The van der Waals surface area contributed by atoms with E-state index in [1.165, 1.54) is 6.07 Å². The lowest BCUT2D eigenvalue weighted by molar-refractivity contribution is 0.304. The first kappa shape index (κ1) is 15.3. The average molecular weight is 353 g/mol. The Morgan fingerprint density at radius 2 is 2.10 bits per heavy atom. The summed E-state index contributed by atoms with van der Waals surface area (Å²) in [4.78, 5) is 0. The van der Waals surface area contributed by atoms with Crippen molar-refractivity contribution >= 4 is 21.8 Å². The maximum absolute atomic E-state index is 13.1. The van der Waals surface area contributed by atoms with Crippen LogP contribution < -0.4 is 10.5 Å². The molecule has 0 aromatic heterocycles. The smallest absolute Gasteiger partial charge is 0.170 e. The monoisotopic (exact) mass is 352 g/mol. The number of halogens is 2. The Morgan fingerprint density at radius 1 is 1.33 bits per heavy atom. The van der Waals surface area contributed by atoms with E-state index < -0.39 is 0 Å². The lowest BCUT2D eigenvalue weighted by atomic mass is 10.1. The molecule has 0 bridgehead atoms. The van der Waals surface area contributed by atoms with Gasteiger partial charge in [0.25, 0.3) is 0 Å². The maximum atomic E-state index is 13.1. The van der Waals surface area contributed by atoms with Crippen molar-refractivity contribution in [3.63, 3.8) is 0 Å². The standard InChI is InChI=1S/C15H14BrFN2O2/c1-9-6-10(15(18)19-20)2-3-11(9)8-21-12-4-5-14(17)13(16)7-12/h2-7,20H,8H2,1H3,(H2,18,19). The van der Waals surface area contributed by atoms with Crippen LogP contribution in [0, 0.1) is 12.7 Å². The molecule has 6 heteroatoms. The largest absolute Gasteiger partial charge is 0.489 e. The Morgan fingerprint density at radius 3 is 2.71 bits per heavy atom. The van der Waals surface area contributed by atoms with Crippen molar-refractivity contribution in [2.75, 3.05) is 0 Å². The van der Waals surface area contributed by atoms with Crippen molar-refractivity contribution in [1.82, 2.24) is 0 Å². The van der Waals surface area contributed by atoms with Gasteiger partial charge in [-0.05, 0) is 58.2 Å². The van der Waals surface area contributed by atoms with Crippen molar-refractivity contribution < 1.29 is 14.3 Å². The van der Waals surface area contributed by atoms with Gasteiger partial charge in [-0.25, -0.2) is 4.39 Å². The lowest BCUT2D eigenvalue weighted by Crippen LogP contribution is -2.13. The average Bonchev–Trinajstić information content (AvgIpc) is 2.48. The Balaban J connectivity index is 2.11. The predicted octanol–water partition coefficient (Wildman–Crippen LogP) is 3.57. The van der Waals surface area contributed by atoms with Gasteiger partial charge in [-0.2, -0.15) is 0 Å². The van der Waals surface area contributed by atoms with E-state index in [2.05, 4.69) is 21.1 Å². The summed E-state index contributed by atoms with van der Waals surface area (Å²) in [6, 6.07) is 9.90. The minimum absolute atomic E-state index is 0.0630. The van der Waals surface area contributed by atoms with Gasteiger partial charge in [-0.15, -0.1) is 0 Å². The van der Waals surface area contributed by atoms with Crippen LogP contribution in [0.15, 0.2) is 46.0 Å². The van der Waals surface area contributed by atoms with E-state index in [0.717, 1.165) is 11.1 Å². The van der Waals surface area contributed by atoms with Gasteiger partial charge >= 0.3 is 0 Å². The van der Waals surface area contributed by atoms with Gasteiger partial charge in [0.2, 0.25) is 0 Å². The van der Waals surface area contributed by atoms with Crippen LogP contribution in [0.25, 0.3) is 0 Å². The fraction of sp³-hybridized carbons (Fsp3) is 0.133. The van der Waals surface area contributed by atoms with Gasteiger partial charge in [0.15, 0.2) is 5.84 Å². The summed E-state index contributed by atoms with van der Waals surface area (Å²) in [6.07, 6.45) is 0. The van der Waals surface area contributed by atoms with Crippen LogP contribution in [-0.2, 0) is 6.61 Å². The summed E-state index contributed by atoms with van der Waals surface area (Å²) in [7, 11) is 0. The fourth-order valence-corrected chi connectivity index (χ4v) is 2.16. The van der Waals surface area contributed by atoms with E-state index in [1.54, 1.807) is 18.2 Å². The SMILES string of the molecule is Cc1cc(/C(N)=N/O)ccc1COc1ccc(F)c(Br)c1. The molecule has 0 heterocycles. The molecule has 0 saturated heterocycles. The minimum atomic E-state index is -0.332. The number of aryl methyl sites for hydroxylation is 1. The van der Waals surface area contributed by atoms with Gasteiger partial charge < -0.3 is 15.7 Å². The molecule has 0 aliphatic heterocycles. The molecule has 2 rings (SSSR count). The minimum Gasteiger partial charge on any atom is -0.489 e. The zero-order valence-corrected chi connectivity index (χ0v) is 12.9. The Kier molecular flexibility index (Phi) is 4.80. The van der Waals surface area contributed by atoms with Crippen molar-refractivity contribution in [2.45, 2.75) is 13.5 Å². The second kappa shape index (κ2) is 6.58. The first-order valence-electron chi connectivity index (χ1n) is 6.16. The highest BCUT2D eigenvalue weighted by Crippen LogP contribution is 2.23. The molecule has 0 unspecified atom stereocenters. The summed E-state index contributed by atoms with van der Waals surface area (Å²) in [5.41, 5.74) is 8.10. The van der Waals surface area contributed by atoms with Crippen molar-refractivity contribution in [3.05, 3.63) is 63.4 Å². The number of oxime groups is 1. The van der Waals surface area contributed by atoms with Crippen molar-refractivity contribution in [3.8, 4) is 5.75 Å². The van der Waals surface area contributed by atoms with Crippen LogP contribution >= 0.6 is 15.9 Å². The molecule has 0 aliphatic carbocycles. The number of hydrogen-bond donors (Lipinski definition) is 2. The normalized spacial score (nSPS) is 11.5. The summed E-state index contributed by atoms with van der Waals surface area (Å²) < 4.78 is 19.1. The molecule has 0 radical (unpaired) electrons. The molecule has 0 amide bonds. The summed E-state index contributed by atoms with van der Waals surface area (Å²) in [6.45, 7) is 2.26. The van der Waals surface area contributed by atoms with Gasteiger partial charge in [-0.1, -0.05) is 17.3 Å². The molecule has 0 spiro atoms. The molecule has 0 aliphatic rings. The molecular weight excluding hydrogens is 339 g/mol. The quantitative estimate of drug-likeness (QED) is 0.382. The molecule has 2 aromatic rings. The number of nitrogens with zero attached hydrogens (tertiary/aromatic N) is 1. The number of benzene rings is 2. The third-order valence-corrected chi connectivity index (χ3v) is 3.64. The summed E-state index contributed by atoms with van der Waals surface area (Å²) >= 11 is 3.11. The van der Waals surface area contributed by atoms with Crippen LogP contribution in [0.3, 0.4) is 0 Å². The highest BCUT2D eigenvalue weighted by molar-refractivity contribution is 9.10. The van der Waals surface area contributed by atoms with Crippen molar-refractivity contribution in [1.29, 1.82) is 0 Å². The summed E-state index contributed by atoms with van der Waals surface area (Å²) in [5, 5.41) is 11.6. The van der Waals surface area contributed by atoms with Crippen molar-refractivity contribution in [2.24, 2.45) is 10.9 Å². The molecule has 0 saturated carbocycles. The first-order chi connectivity index (χ1) is 10.0. The van der Waals surface area contributed by atoms with Gasteiger partial charge in [0.05, 0.1) is 4.47 Å². The van der Waals surface area contributed by atoms with Gasteiger partial charge in [0.1, 0.15) is 18.2 Å². The molecular formula is C15H14BrFN2O2. The van der Waals surface area contributed by atoms with E-state index >= 15 is 0 Å². The molecule has 4 nitrogen and oxygen atoms in total. The van der Waals surface area contributed by atoms with E-state index in [1.807, 2.05) is 19.1 Å². The lowest BCUT2D eigenvalue weighted by Gasteiger charge is -2.10. The van der Waals surface area contributed by atoms with Crippen LogP contribution in [0.4, 0.5) is 4.39 Å². The second-order valence-electron chi connectivity index (χ2n) is 4.49. The maximum Gasteiger partial charge on any atom is 0.170 e. The Bertz CT molecular complexity index is 689. The third-order valence-electron chi connectivity index (χ3n) is 3.03. The predicted molar refractivity (Wildman–Crippen MR) is 82.1 cm³/mol. The highest BCUT2D eigenvalue weighted by atomic mass is 79.9. The topological polar surface area (TPSA) is 67.8 Å². The highest BCUT2D eigenvalue weighted by Gasteiger charge is 2.06. The number of nitrogens with two attached hydrogens (primary N) is 1. The molecule has 21 heavy (non-hydrogen) atoms. The zero-order chi connectivity index (χ0) is 15.4. The van der Waals surface area contributed by atoms with E-state index in [0.29, 0.717) is 22.4 Å². The Labute approximate surface area is 130 Å². The number of rotatable bonds is 4. The van der Waals surface area contributed by atoms with Crippen LogP contribution in [0.1, 0.15) is 16.7 Å². The fourth-order valence-electron chi connectivity index (χ4n) is 1.80. The zero-order valence-electron chi connectivity index (χ0n) is 11.3. The number of ether oxygens (including phenoxy) is 1. The molecule has 3 N–H and O–H groups in total. The van der Waals surface area contributed by atoms with Crippen LogP contribution in [0.2, 0.25) is 0 Å². The van der Waals surface area contributed by atoms with E-state index in [9.17, 15) is 4.39 Å². The van der Waals surface area contributed by atoms with Crippen LogP contribution in [-0.4, -0.2) is 11.0 Å². The Hall–Kier alpha value is -2.08. The molecule has 0 atom stereocenters. The molecule has 0 fully saturated rings. The molecule has 110 valence electrons. The van der Waals surface area contributed by atoms with Crippen LogP contribution in [0.5, 0.6) is 5.75 Å². The van der Waals surface area contributed by atoms with Gasteiger partial charge in [-0.3, -0.25) is 0 Å².